The molecule has 0 fully saturated rings. The van der Waals surface area contributed by atoms with E-state index in [-0.39, 0.29) is 11.5 Å². The third kappa shape index (κ3) is 3.42. The van der Waals surface area contributed by atoms with Gasteiger partial charge in [0.05, 0.1) is 22.8 Å². The standard InChI is InChI=1S/C27H30FN7O/c1-17-12-21(13-18(2)25(17)28)35-26(22-16-30(3)9-8-23(22)29-35)34-11-10-33(27(34)36)20-6-7-24-19(14-20)15-31(4)32(24)5/h6-7,10-14H,8-9,15-16H2,1-5H3. The van der Waals surface area contributed by atoms with Gasteiger partial charge in [-0.1, -0.05) is 0 Å². The Labute approximate surface area is 209 Å². The molecule has 4 aromatic rings. The van der Waals surface area contributed by atoms with Crippen molar-refractivity contribution in [2.45, 2.75) is 33.4 Å². The van der Waals surface area contributed by atoms with Crippen LogP contribution in [-0.4, -0.2) is 56.5 Å². The first-order valence-corrected chi connectivity index (χ1v) is 12.2. The van der Waals surface area contributed by atoms with Crippen molar-refractivity contribution in [2.75, 3.05) is 32.7 Å². The molecule has 0 bridgehead atoms. The minimum atomic E-state index is -0.215. The molecule has 8 nitrogen and oxygen atoms in total. The van der Waals surface area contributed by atoms with Crippen LogP contribution in [0.4, 0.5) is 10.1 Å². The molecular weight excluding hydrogens is 457 g/mol. The third-order valence-electron chi connectivity index (χ3n) is 7.47. The summed E-state index contributed by atoms with van der Waals surface area (Å²) in [4.78, 5) is 16.1. The van der Waals surface area contributed by atoms with Crippen molar-refractivity contribution in [1.29, 1.82) is 0 Å². The van der Waals surface area contributed by atoms with Gasteiger partial charge in [0.25, 0.3) is 0 Å². The van der Waals surface area contributed by atoms with Crippen LogP contribution in [0.15, 0.2) is 47.5 Å². The lowest BCUT2D eigenvalue weighted by Crippen LogP contribution is -2.29. The van der Waals surface area contributed by atoms with E-state index >= 15 is 0 Å². The summed E-state index contributed by atoms with van der Waals surface area (Å²) < 4.78 is 19.6. The van der Waals surface area contributed by atoms with Crippen molar-refractivity contribution in [3.63, 3.8) is 0 Å². The highest BCUT2D eigenvalue weighted by Gasteiger charge is 2.27. The summed E-state index contributed by atoms with van der Waals surface area (Å²) in [5.74, 6) is 0.500. The highest BCUT2D eigenvalue weighted by Crippen LogP contribution is 2.31. The molecule has 2 aromatic heterocycles. The lowest BCUT2D eigenvalue weighted by atomic mass is 10.1. The third-order valence-corrected chi connectivity index (χ3v) is 7.47. The van der Waals surface area contributed by atoms with Gasteiger partial charge in [0.2, 0.25) is 0 Å². The maximum Gasteiger partial charge on any atom is 0.338 e. The number of likely N-dealkylation sites (N-methyl/N-ethyl adjacent to an activating group) is 1. The normalized spacial score (nSPS) is 16.0. The summed E-state index contributed by atoms with van der Waals surface area (Å²) in [5, 5.41) is 9.17. The smallest absolute Gasteiger partial charge is 0.308 e. The van der Waals surface area contributed by atoms with Crippen molar-refractivity contribution in [3.05, 3.63) is 87.0 Å². The van der Waals surface area contributed by atoms with Crippen LogP contribution >= 0.6 is 0 Å². The average molecular weight is 488 g/mol. The number of hydrogen-bond acceptors (Lipinski definition) is 5. The number of rotatable bonds is 3. The molecule has 186 valence electrons. The molecule has 0 spiro atoms. The Morgan fingerprint density at radius 3 is 2.39 bits per heavy atom. The van der Waals surface area contributed by atoms with Gasteiger partial charge in [-0.2, -0.15) is 5.10 Å². The van der Waals surface area contributed by atoms with Crippen molar-refractivity contribution in [3.8, 4) is 17.2 Å². The predicted molar refractivity (Wildman–Crippen MR) is 138 cm³/mol. The maximum absolute atomic E-state index is 14.4. The lowest BCUT2D eigenvalue weighted by Gasteiger charge is -2.22. The van der Waals surface area contributed by atoms with E-state index in [4.69, 9.17) is 5.10 Å². The van der Waals surface area contributed by atoms with Crippen LogP contribution in [0.2, 0.25) is 0 Å². The molecule has 2 aromatic carbocycles. The lowest BCUT2D eigenvalue weighted by molar-refractivity contribution is 0.311. The number of nitrogens with zero attached hydrogens (tertiary/aromatic N) is 7. The van der Waals surface area contributed by atoms with Gasteiger partial charge in [0.1, 0.15) is 11.6 Å². The number of fused-ring (bicyclic) bond motifs is 2. The maximum atomic E-state index is 14.4. The average Bonchev–Trinajstić information content (AvgIpc) is 3.49. The summed E-state index contributed by atoms with van der Waals surface area (Å²) in [7, 11) is 6.15. The summed E-state index contributed by atoms with van der Waals surface area (Å²) in [6.07, 6.45) is 4.41. The summed E-state index contributed by atoms with van der Waals surface area (Å²) in [5.41, 5.74) is 6.85. The molecule has 0 radical (unpaired) electrons. The fourth-order valence-corrected chi connectivity index (χ4v) is 5.40. The zero-order valence-electron chi connectivity index (χ0n) is 21.3. The Kier molecular flexibility index (Phi) is 5.17. The molecule has 36 heavy (non-hydrogen) atoms. The van der Waals surface area contributed by atoms with E-state index in [0.29, 0.717) is 23.5 Å². The highest BCUT2D eigenvalue weighted by molar-refractivity contribution is 5.59. The first kappa shape index (κ1) is 22.8. The predicted octanol–water partition coefficient (Wildman–Crippen LogP) is 3.35. The zero-order valence-corrected chi connectivity index (χ0v) is 21.3. The Morgan fingerprint density at radius 2 is 1.64 bits per heavy atom. The van der Waals surface area contributed by atoms with Gasteiger partial charge in [0.15, 0.2) is 0 Å². The second kappa shape index (κ2) is 8.18. The van der Waals surface area contributed by atoms with E-state index in [1.165, 1.54) is 5.56 Å². The molecule has 0 unspecified atom stereocenters. The number of hydrazine groups is 1. The number of benzene rings is 2. The van der Waals surface area contributed by atoms with Crippen LogP contribution in [0.1, 0.15) is 27.9 Å². The number of anilines is 1. The van der Waals surface area contributed by atoms with Gasteiger partial charge in [-0.15, -0.1) is 0 Å². The minimum absolute atomic E-state index is 0.164. The number of hydrogen-bond donors (Lipinski definition) is 0. The Balaban J connectivity index is 1.51. The van der Waals surface area contributed by atoms with E-state index < -0.39 is 0 Å². The van der Waals surface area contributed by atoms with E-state index in [1.807, 2.05) is 31.0 Å². The summed E-state index contributed by atoms with van der Waals surface area (Å²) in [6, 6.07) is 9.71. The fourth-order valence-electron chi connectivity index (χ4n) is 5.40. The second-order valence-electron chi connectivity index (χ2n) is 10.0. The molecule has 0 aliphatic carbocycles. The molecule has 0 amide bonds. The van der Waals surface area contributed by atoms with Crippen molar-refractivity contribution in [1.82, 2.24) is 28.8 Å². The van der Waals surface area contributed by atoms with Crippen LogP contribution in [-0.2, 0) is 19.5 Å². The number of aryl methyl sites for hydroxylation is 2. The molecule has 2 aliphatic rings. The van der Waals surface area contributed by atoms with Gasteiger partial charge in [-0.3, -0.25) is 9.13 Å². The fraction of sp³-hybridized carbons (Fsp3) is 0.333. The molecule has 2 aliphatic heterocycles. The van der Waals surface area contributed by atoms with E-state index in [1.54, 1.807) is 41.3 Å². The number of imidazole rings is 1. The monoisotopic (exact) mass is 487 g/mol. The van der Waals surface area contributed by atoms with Crippen LogP contribution in [0.25, 0.3) is 17.2 Å². The summed E-state index contributed by atoms with van der Waals surface area (Å²) in [6.45, 7) is 5.91. The number of halogens is 1. The first-order valence-electron chi connectivity index (χ1n) is 12.2. The zero-order chi connectivity index (χ0) is 25.3. The SMILES string of the molecule is Cc1cc(-n2nc3c(c2-n2ccn(-c4ccc5c(c4)CN(C)N5C)c2=O)CN(C)CC3)cc(C)c1F. The Hall–Kier alpha value is -3.69. The van der Waals surface area contributed by atoms with Crippen molar-refractivity contribution in [2.24, 2.45) is 0 Å². The van der Waals surface area contributed by atoms with Gasteiger partial charge in [-0.25, -0.2) is 18.9 Å². The van der Waals surface area contributed by atoms with Crippen molar-refractivity contribution < 1.29 is 4.39 Å². The quantitative estimate of drug-likeness (QED) is 0.444. The first-order chi connectivity index (χ1) is 17.2. The van der Waals surface area contributed by atoms with Gasteiger partial charge in [0, 0.05) is 58.1 Å². The highest BCUT2D eigenvalue weighted by atomic mass is 19.1. The Bertz CT molecular complexity index is 1540. The largest absolute Gasteiger partial charge is 0.338 e. The molecule has 4 heterocycles. The molecule has 0 saturated carbocycles. The molecule has 0 atom stereocenters. The molecular formula is C27H30FN7O. The van der Waals surface area contributed by atoms with Gasteiger partial charge < -0.3 is 9.91 Å². The van der Waals surface area contributed by atoms with Crippen LogP contribution in [0.3, 0.4) is 0 Å². The van der Waals surface area contributed by atoms with Crippen LogP contribution < -0.4 is 10.7 Å². The van der Waals surface area contributed by atoms with Crippen molar-refractivity contribution >= 4 is 5.69 Å². The molecule has 0 N–H and O–H groups in total. The molecule has 6 rings (SSSR count). The van der Waals surface area contributed by atoms with E-state index in [0.717, 1.165) is 47.8 Å². The Morgan fingerprint density at radius 1 is 0.917 bits per heavy atom. The molecule has 0 saturated heterocycles. The summed E-state index contributed by atoms with van der Waals surface area (Å²) >= 11 is 0. The second-order valence-corrected chi connectivity index (χ2v) is 10.0. The topological polar surface area (TPSA) is 54.5 Å². The van der Waals surface area contributed by atoms with Crippen LogP contribution in [0, 0.1) is 19.7 Å². The van der Waals surface area contributed by atoms with E-state index in [9.17, 15) is 9.18 Å². The van der Waals surface area contributed by atoms with Gasteiger partial charge in [-0.05, 0) is 67.9 Å². The van der Waals surface area contributed by atoms with Crippen LogP contribution in [0.5, 0.6) is 0 Å². The van der Waals surface area contributed by atoms with Gasteiger partial charge >= 0.3 is 5.69 Å². The van der Waals surface area contributed by atoms with E-state index in [2.05, 4.69) is 34.1 Å². The minimum Gasteiger partial charge on any atom is -0.308 e. The number of aromatic nitrogens is 4. The molecule has 9 heteroatoms.